The van der Waals surface area contributed by atoms with Gasteiger partial charge in [-0.3, -0.25) is 9.89 Å². The van der Waals surface area contributed by atoms with E-state index in [9.17, 15) is 9.90 Å². The summed E-state index contributed by atoms with van der Waals surface area (Å²) in [5, 5.41) is 16.2. The van der Waals surface area contributed by atoms with Gasteiger partial charge in [0.15, 0.2) is 0 Å². The molecule has 0 saturated carbocycles. The minimum Gasteiger partial charge on any atom is -0.508 e. The van der Waals surface area contributed by atoms with Crippen LogP contribution in [0.25, 0.3) is 0 Å². The Morgan fingerprint density at radius 1 is 1.38 bits per heavy atom. The van der Waals surface area contributed by atoms with E-state index in [-0.39, 0.29) is 23.4 Å². The molecule has 0 radical (unpaired) electrons. The van der Waals surface area contributed by atoms with Crippen molar-refractivity contribution < 1.29 is 9.90 Å². The number of nitrogens with one attached hydrogen (secondary N) is 2. The van der Waals surface area contributed by atoms with Crippen LogP contribution in [0.3, 0.4) is 0 Å². The van der Waals surface area contributed by atoms with Crippen molar-refractivity contribution in [3.63, 3.8) is 0 Å². The van der Waals surface area contributed by atoms with Crippen LogP contribution in [0.4, 0.5) is 5.82 Å². The number of aromatic hydroxyl groups is 1. The van der Waals surface area contributed by atoms with Gasteiger partial charge in [-0.2, -0.15) is 5.10 Å². The molecule has 5 N–H and O–H groups in total. The zero-order chi connectivity index (χ0) is 16.7. The first kappa shape index (κ1) is 14.3. The summed E-state index contributed by atoms with van der Waals surface area (Å²) in [5.41, 5.74) is 8.62. The van der Waals surface area contributed by atoms with Crippen LogP contribution in [0.1, 0.15) is 33.4 Å². The number of nitrogens with zero attached hydrogens (tertiary/aromatic N) is 3. The zero-order valence-electron chi connectivity index (χ0n) is 12.7. The number of phenols is 1. The second-order valence-corrected chi connectivity index (χ2v) is 5.81. The molecule has 1 atom stereocenters. The third-order valence-electron chi connectivity index (χ3n) is 4.22. The summed E-state index contributed by atoms with van der Waals surface area (Å²) in [4.78, 5) is 21.9. The van der Waals surface area contributed by atoms with E-state index in [0.29, 0.717) is 18.8 Å². The summed E-state index contributed by atoms with van der Waals surface area (Å²) in [7, 11) is 0. The number of benzene rings is 1. The number of amides is 1. The molecular formula is C16H16N6O2. The molecule has 1 aliphatic heterocycles. The van der Waals surface area contributed by atoms with Crippen molar-refractivity contribution in [3.8, 4) is 5.75 Å². The fourth-order valence-electron chi connectivity index (χ4n) is 3.10. The monoisotopic (exact) mass is 324 g/mol. The number of nitrogen functional groups attached to an aromatic ring is 1. The average molecular weight is 324 g/mol. The standard InChI is InChI=1S/C16H16N6O2/c17-14-5-12(20-21-14)16(24)22-6-11(9-2-1-3-10(23)4-9)15-13(7-22)18-8-19-15/h1-5,8,11,23H,6-7H2,(H,18,19)(H3,17,20,21). The number of nitrogens with two attached hydrogens (primary N) is 1. The lowest BCUT2D eigenvalue weighted by Gasteiger charge is -2.32. The Bertz CT molecular complexity index is 899. The van der Waals surface area contributed by atoms with E-state index in [4.69, 9.17) is 5.73 Å². The number of hydrogen-bond donors (Lipinski definition) is 4. The lowest BCUT2D eigenvalue weighted by Crippen LogP contribution is -2.39. The van der Waals surface area contributed by atoms with Crippen LogP contribution in [-0.2, 0) is 6.54 Å². The number of hydrogen-bond acceptors (Lipinski definition) is 5. The predicted molar refractivity (Wildman–Crippen MR) is 86.3 cm³/mol. The van der Waals surface area contributed by atoms with Gasteiger partial charge in [0.25, 0.3) is 5.91 Å². The van der Waals surface area contributed by atoms with Gasteiger partial charge in [-0.15, -0.1) is 0 Å². The highest BCUT2D eigenvalue weighted by Crippen LogP contribution is 2.33. The molecule has 4 rings (SSSR count). The fourth-order valence-corrected chi connectivity index (χ4v) is 3.10. The first-order valence-corrected chi connectivity index (χ1v) is 7.53. The topological polar surface area (TPSA) is 124 Å². The molecule has 122 valence electrons. The Balaban J connectivity index is 1.69. The number of aromatic amines is 2. The van der Waals surface area contributed by atoms with Gasteiger partial charge >= 0.3 is 0 Å². The Labute approximate surface area is 137 Å². The van der Waals surface area contributed by atoms with Crippen molar-refractivity contribution in [2.75, 3.05) is 12.3 Å². The summed E-state index contributed by atoms with van der Waals surface area (Å²) >= 11 is 0. The summed E-state index contributed by atoms with van der Waals surface area (Å²) in [6.45, 7) is 0.890. The molecule has 0 saturated heterocycles. The van der Waals surface area contributed by atoms with Crippen molar-refractivity contribution in [2.45, 2.75) is 12.5 Å². The molecule has 0 bridgehead atoms. The molecule has 1 aromatic carbocycles. The molecule has 1 aliphatic rings. The minimum absolute atomic E-state index is 0.115. The molecule has 1 amide bonds. The van der Waals surface area contributed by atoms with Crippen LogP contribution >= 0.6 is 0 Å². The Kier molecular flexibility index (Phi) is 3.23. The maximum Gasteiger partial charge on any atom is 0.272 e. The van der Waals surface area contributed by atoms with Crippen LogP contribution < -0.4 is 5.73 Å². The number of aromatic nitrogens is 4. The highest BCUT2D eigenvalue weighted by molar-refractivity contribution is 5.93. The summed E-state index contributed by atoms with van der Waals surface area (Å²) in [6.07, 6.45) is 1.63. The van der Waals surface area contributed by atoms with E-state index >= 15 is 0 Å². The van der Waals surface area contributed by atoms with E-state index in [2.05, 4.69) is 20.2 Å². The summed E-state index contributed by atoms with van der Waals surface area (Å²) in [5.74, 6) is 0.178. The highest BCUT2D eigenvalue weighted by Gasteiger charge is 2.32. The van der Waals surface area contributed by atoms with Gasteiger partial charge in [0.2, 0.25) is 0 Å². The lowest BCUT2D eigenvalue weighted by molar-refractivity contribution is 0.0716. The Morgan fingerprint density at radius 2 is 2.25 bits per heavy atom. The van der Waals surface area contributed by atoms with E-state index in [1.165, 1.54) is 6.07 Å². The van der Waals surface area contributed by atoms with Crippen LogP contribution in [-0.4, -0.2) is 42.6 Å². The molecule has 1 unspecified atom stereocenters. The van der Waals surface area contributed by atoms with Gasteiger partial charge in [-0.1, -0.05) is 12.1 Å². The van der Waals surface area contributed by atoms with Gasteiger partial charge in [-0.05, 0) is 17.7 Å². The molecule has 3 aromatic rings. The number of carbonyl (C=O) groups is 1. The summed E-state index contributed by atoms with van der Waals surface area (Å²) < 4.78 is 0. The molecular weight excluding hydrogens is 308 g/mol. The minimum atomic E-state index is -0.176. The third-order valence-corrected chi connectivity index (χ3v) is 4.22. The maximum absolute atomic E-state index is 12.7. The maximum atomic E-state index is 12.7. The van der Waals surface area contributed by atoms with Gasteiger partial charge in [0.05, 0.1) is 24.3 Å². The van der Waals surface area contributed by atoms with E-state index in [0.717, 1.165) is 17.0 Å². The SMILES string of the molecule is Nc1cc(C(=O)N2Cc3[nH]cnc3C(c3cccc(O)c3)C2)[nH]n1. The van der Waals surface area contributed by atoms with Crippen molar-refractivity contribution >= 4 is 11.7 Å². The molecule has 8 heteroatoms. The second kappa shape index (κ2) is 5.41. The number of H-pyrrole nitrogens is 2. The van der Waals surface area contributed by atoms with E-state index in [1.54, 1.807) is 29.4 Å². The Morgan fingerprint density at radius 3 is 3.00 bits per heavy atom. The van der Waals surface area contributed by atoms with Crippen LogP contribution in [0, 0.1) is 0 Å². The van der Waals surface area contributed by atoms with Crippen molar-refractivity contribution in [3.05, 3.63) is 59.3 Å². The Hall–Kier alpha value is -3.29. The number of phenolic OH excluding ortho intramolecular Hbond substituents is 1. The third kappa shape index (κ3) is 2.37. The van der Waals surface area contributed by atoms with Crippen LogP contribution in [0.2, 0.25) is 0 Å². The van der Waals surface area contributed by atoms with Gasteiger partial charge in [0.1, 0.15) is 17.3 Å². The zero-order valence-corrected chi connectivity index (χ0v) is 12.7. The molecule has 0 aliphatic carbocycles. The van der Waals surface area contributed by atoms with E-state index < -0.39 is 0 Å². The second-order valence-electron chi connectivity index (χ2n) is 5.81. The van der Waals surface area contributed by atoms with Crippen molar-refractivity contribution in [2.24, 2.45) is 0 Å². The van der Waals surface area contributed by atoms with Crippen LogP contribution in [0.15, 0.2) is 36.7 Å². The molecule has 2 aromatic heterocycles. The molecule has 0 fully saturated rings. The normalized spacial score (nSPS) is 16.8. The average Bonchev–Trinajstić information content (AvgIpc) is 3.21. The van der Waals surface area contributed by atoms with Gasteiger partial charge in [0, 0.05) is 18.5 Å². The lowest BCUT2D eigenvalue weighted by atomic mass is 9.90. The molecule has 0 spiro atoms. The van der Waals surface area contributed by atoms with Crippen molar-refractivity contribution in [1.82, 2.24) is 25.1 Å². The number of rotatable bonds is 2. The first-order chi connectivity index (χ1) is 11.6. The number of carbonyl (C=O) groups excluding carboxylic acids is 1. The number of fused-ring (bicyclic) bond motifs is 1. The smallest absolute Gasteiger partial charge is 0.272 e. The molecule has 8 nitrogen and oxygen atoms in total. The summed E-state index contributed by atoms with van der Waals surface area (Å²) in [6, 6.07) is 8.55. The molecule has 3 heterocycles. The first-order valence-electron chi connectivity index (χ1n) is 7.53. The number of anilines is 1. The van der Waals surface area contributed by atoms with E-state index in [1.807, 2.05) is 6.07 Å². The van der Waals surface area contributed by atoms with Gasteiger partial charge in [-0.25, -0.2) is 4.98 Å². The van der Waals surface area contributed by atoms with Crippen molar-refractivity contribution in [1.29, 1.82) is 0 Å². The predicted octanol–water partition coefficient (Wildman–Crippen LogP) is 1.21. The van der Waals surface area contributed by atoms with Crippen LogP contribution in [0.5, 0.6) is 5.75 Å². The quantitative estimate of drug-likeness (QED) is 0.564. The number of imidazole rings is 1. The van der Waals surface area contributed by atoms with Gasteiger partial charge < -0.3 is 20.7 Å². The highest BCUT2D eigenvalue weighted by atomic mass is 16.3. The largest absolute Gasteiger partial charge is 0.508 e. The molecule has 24 heavy (non-hydrogen) atoms. The fraction of sp³-hybridized carbons (Fsp3) is 0.188.